The Hall–Kier alpha value is -0.540. The van der Waals surface area contributed by atoms with Gasteiger partial charge in [-0.05, 0) is 49.6 Å². The monoisotopic (exact) mass is 495 g/mol. The minimum atomic E-state index is -0.193. The summed E-state index contributed by atoms with van der Waals surface area (Å²) >= 11 is 2.00. The molecule has 2 rings (SSSR count). The van der Waals surface area contributed by atoms with Gasteiger partial charge in [-0.25, -0.2) is 4.39 Å². The molecule has 1 aromatic rings. The van der Waals surface area contributed by atoms with Crippen LogP contribution in [0.1, 0.15) is 32.3 Å². The molecule has 4 nitrogen and oxygen atoms in total. The van der Waals surface area contributed by atoms with Gasteiger partial charge in [0.15, 0.2) is 5.96 Å². The number of hydrogen-bond donors (Lipinski definition) is 2. The zero-order valence-corrected chi connectivity index (χ0v) is 18.9. The molecule has 1 fully saturated rings. The van der Waals surface area contributed by atoms with E-state index in [1.165, 1.54) is 12.1 Å². The molecule has 0 radical (unpaired) electrons. The number of aliphatic imine (C=N–C) groups is 1. The van der Waals surface area contributed by atoms with E-state index in [4.69, 9.17) is 9.73 Å². The molecular weight excluding hydrogens is 464 g/mol. The number of benzene rings is 1. The van der Waals surface area contributed by atoms with Crippen molar-refractivity contribution >= 4 is 41.7 Å². The van der Waals surface area contributed by atoms with Crippen LogP contribution in [-0.2, 0) is 11.2 Å². The summed E-state index contributed by atoms with van der Waals surface area (Å²) in [5, 5.41) is 6.70. The second-order valence-electron chi connectivity index (χ2n) is 6.23. The highest BCUT2D eigenvalue weighted by atomic mass is 127. The van der Waals surface area contributed by atoms with Gasteiger partial charge >= 0.3 is 0 Å². The summed E-state index contributed by atoms with van der Waals surface area (Å²) in [7, 11) is 0. The number of nitrogens with one attached hydrogen (secondary N) is 2. The Labute approximate surface area is 178 Å². The number of ether oxygens (including phenoxy) is 1. The molecule has 0 aromatic heterocycles. The fourth-order valence-electron chi connectivity index (χ4n) is 2.94. The first-order valence-corrected chi connectivity index (χ1v) is 10.1. The Morgan fingerprint density at radius 3 is 2.50 bits per heavy atom. The molecule has 2 N–H and O–H groups in total. The lowest BCUT2D eigenvalue weighted by Gasteiger charge is -2.35. The lowest BCUT2D eigenvalue weighted by molar-refractivity contribution is 0.0793. The molecule has 148 valence electrons. The third-order valence-corrected chi connectivity index (χ3v) is 5.78. The van der Waals surface area contributed by atoms with Gasteiger partial charge in [0.2, 0.25) is 0 Å². The van der Waals surface area contributed by atoms with Crippen molar-refractivity contribution < 1.29 is 9.13 Å². The quantitative estimate of drug-likeness (QED) is 0.327. The van der Waals surface area contributed by atoms with E-state index < -0.39 is 0 Å². The number of nitrogens with zero attached hydrogens (tertiary/aromatic N) is 1. The molecule has 1 aromatic carbocycles. The van der Waals surface area contributed by atoms with Crippen LogP contribution in [0.2, 0.25) is 0 Å². The van der Waals surface area contributed by atoms with Crippen molar-refractivity contribution in [1.29, 1.82) is 0 Å². The molecule has 0 bridgehead atoms. The van der Waals surface area contributed by atoms with Crippen LogP contribution >= 0.6 is 35.7 Å². The zero-order chi connectivity index (χ0) is 18.0. The van der Waals surface area contributed by atoms with Crippen molar-refractivity contribution in [2.45, 2.75) is 37.9 Å². The molecule has 0 unspecified atom stereocenters. The molecule has 0 spiro atoms. The second kappa shape index (κ2) is 12.8. The smallest absolute Gasteiger partial charge is 0.191 e. The molecule has 7 heteroatoms. The third kappa shape index (κ3) is 8.00. The standard InChI is InChI=1S/C19H30FN3OS.HI/c1-3-21-18(22-12-9-16-5-7-17(20)8-6-16)23-15-19(25-4-2)10-13-24-14-11-19;/h5-8H,3-4,9-15H2,1-2H3,(H2,21,22,23);1H. The van der Waals surface area contributed by atoms with Crippen molar-refractivity contribution in [2.75, 3.05) is 38.6 Å². The number of thioether (sulfide) groups is 1. The maximum absolute atomic E-state index is 13.0. The maximum atomic E-state index is 13.0. The average molecular weight is 495 g/mol. The fraction of sp³-hybridized carbons (Fsp3) is 0.632. The van der Waals surface area contributed by atoms with Gasteiger partial charge in [-0.3, -0.25) is 4.99 Å². The predicted molar refractivity (Wildman–Crippen MR) is 120 cm³/mol. The third-order valence-electron chi connectivity index (χ3n) is 4.34. The van der Waals surface area contributed by atoms with Crippen LogP contribution in [0.15, 0.2) is 29.3 Å². The molecule has 1 aliphatic heterocycles. The van der Waals surface area contributed by atoms with Crippen LogP contribution in [0, 0.1) is 5.82 Å². The van der Waals surface area contributed by atoms with E-state index in [1.54, 1.807) is 0 Å². The molecular formula is C19H31FIN3OS. The SMILES string of the molecule is CCNC(=NCC1(SCC)CCOCC1)NCCc1ccc(F)cc1.I. The highest BCUT2D eigenvalue weighted by molar-refractivity contribution is 14.0. The zero-order valence-electron chi connectivity index (χ0n) is 15.7. The van der Waals surface area contributed by atoms with Gasteiger partial charge in [-0.2, -0.15) is 11.8 Å². The number of rotatable bonds is 8. The van der Waals surface area contributed by atoms with E-state index in [1.807, 2.05) is 23.9 Å². The Morgan fingerprint density at radius 1 is 1.19 bits per heavy atom. The Bertz CT molecular complexity index is 531. The molecule has 26 heavy (non-hydrogen) atoms. The summed E-state index contributed by atoms with van der Waals surface area (Å²) in [5.41, 5.74) is 1.12. The Morgan fingerprint density at radius 2 is 1.88 bits per heavy atom. The molecule has 1 heterocycles. The van der Waals surface area contributed by atoms with E-state index in [0.29, 0.717) is 0 Å². The Kier molecular flexibility index (Phi) is 11.5. The second-order valence-corrected chi connectivity index (χ2v) is 7.96. The van der Waals surface area contributed by atoms with Gasteiger partial charge in [-0.15, -0.1) is 24.0 Å². The van der Waals surface area contributed by atoms with E-state index >= 15 is 0 Å². The normalized spacial score (nSPS) is 16.7. The maximum Gasteiger partial charge on any atom is 0.191 e. The number of halogens is 2. The van der Waals surface area contributed by atoms with Gasteiger partial charge in [0.1, 0.15) is 5.82 Å². The van der Waals surface area contributed by atoms with Gasteiger partial charge in [0.25, 0.3) is 0 Å². The fourth-order valence-corrected chi connectivity index (χ4v) is 4.16. The summed E-state index contributed by atoms with van der Waals surface area (Å²) in [6.45, 7) is 8.35. The summed E-state index contributed by atoms with van der Waals surface area (Å²) in [5.74, 6) is 1.76. The minimum absolute atomic E-state index is 0. The molecule has 0 atom stereocenters. The van der Waals surface area contributed by atoms with Crippen molar-refractivity contribution in [1.82, 2.24) is 10.6 Å². The molecule has 0 amide bonds. The topological polar surface area (TPSA) is 45.7 Å². The highest BCUT2D eigenvalue weighted by Gasteiger charge is 2.32. The van der Waals surface area contributed by atoms with E-state index in [9.17, 15) is 4.39 Å². The van der Waals surface area contributed by atoms with Crippen LogP contribution in [-0.4, -0.2) is 49.3 Å². The van der Waals surface area contributed by atoms with Crippen LogP contribution in [0.3, 0.4) is 0 Å². The van der Waals surface area contributed by atoms with Crippen LogP contribution in [0.4, 0.5) is 4.39 Å². The first kappa shape index (κ1) is 23.5. The minimum Gasteiger partial charge on any atom is -0.381 e. The van der Waals surface area contributed by atoms with Crippen LogP contribution in [0.25, 0.3) is 0 Å². The van der Waals surface area contributed by atoms with E-state index in [-0.39, 0.29) is 34.5 Å². The first-order chi connectivity index (χ1) is 12.2. The molecule has 0 aliphatic carbocycles. The summed E-state index contributed by atoms with van der Waals surface area (Å²) < 4.78 is 18.7. The number of hydrogen-bond acceptors (Lipinski definition) is 3. The van der Waals surface area contributed by atoms with Gasteiger partial charge in [0.05, 0.1) is 6.54 Å². The number of guanidine groups is 1. The Balaban J connectivity index is 0.00000338. The largest absolute Gasteiger partial charge is 0.381 e. The van der Waals surface area contributed by atoms with E-state index in [2.05, 4.69) is 24.5 Å². The molecule has 0 saturated carbocycles. The van der Waals surface area contributed by atoms with E-state index in [0.717, 1.165) is 69.4 Å². The van der Waals surface area contributed by atoms with Gasteiger partial charge in [0, 0.05) is 31.1 Å². The van der Waals surface area contributed by atoms with Crippen LogP contribution < -0.4 is 10.6 Å². The highest BCUT2D eigenvalue weighted by Crippen LogP contribution is 2.35. The molecule has 1 saturated heterocycles. The predicted octanol–water partition coefficient (Wildman–Crippen LogP) is 3.84. The van der Waals surface area contributed by atoms with Crippen molar-refractivity contribution in [3.05, 3.63) is 35.6 Å². The van der Waals surface area contributed by atoms with Gasteiger partial charge < -0.3 is 15.4 Å². The summed E-state index contributed by atoms with van der Waals surface area (Å²) in [6.07, 6.45) is 2.96. The van der Waals surface area contributed by atoms with Crippen LogP contribution in [0.5, 0.6) is 0 Å². The lowest BCUT2D eigenvalue weighted by Crippen LogP contribution is -2.41. The average Bonchev–Trinajstić information content (AvgIpc) is 2.62. The van der Waals surface area contributed by atoms with Crippen molar-refractivity contribution in [2.24, 2.45) is 4.99 Å². The van der Waals surface area contributed by atoms with Crippen molar-refractivity contribution in [3.63, 3.8) is 0 Å². The molecule has 1 aliphatic rings. The summed E-state index contributed by atoms with van der Waals surface area (Å²) in [6, 6.07) is 6.67. The summed E-state index contributed by atoms with van der Waals surface area (Å²) in [4.78, 5) is 4.83. The van der Waals surface area contributed by atoms with Crippen molar-refractivity contribution in [3.8, 4) is 0 Å². The lowest BCUT2D eigenvalue weighted by atomic mass is 9.99. The van der Waals surface area contributed by atoms with Gasteiger partial charge in [-0.1, -0.05) is 19.1 Å². The first-order valence-electron chi connectivity index (χ1n) is 9.16.